The van der Waals surface area contributed by atoms with Gasteiger partial charge in [0.2, 0.25) is 5.65 Å². The molecule has 0 bridgehead atoms. The molecule has 108 valence electrons. The molecule has 20 heavy (non-hydrogen) atoms. The maximum Gasteiger partial charge on any atom is 0.394 e. The Morgan fingerprint density at radius 2 is 2.05 bits per heavy atom. The van der Waals surface area contributed by atoms with E-state index in [1.54, 1.807) is 11.8 Å². The number of hydrogen-bond acceptors (Lipinski definition) is 6. The largest absolute Gasteiger partial charge is 0.396 e. The molecular formula is C11H12F3N5O. The monoisotopic (exact) mass is 287 g/mol. The molecule has 1 aliphatic heterocycles. The fraction of sp³-hybridized carbons (Fsp3) is 0.545. The summed E-state index contributed by atoms with van der Waals surface area (Å²) in [5.41, 5.74) is 8.28. The first-order valence-electron chi connectivity index (χ1n) is 6.02. The Balaban J connectivity index is 1.79. The van der Waals surface area contributed by atoms with Gasteiger partial charge in [0.1, 0.15) is 0 Å². The SMILES string of the molecule is Cc1nc2nonc2c(N)c1CN1CC(C(F)(F)F)C1. The van der Waals surface area contributed by atoms with E-state index in [4.69, 9.17) is 5.73 Å². The molecule has 2 N–H and O–H groups in total. The molecule has 2 aromatic heterocycles. The number of likely N-dealkylation sites (tertiary alicyclic amines) is 1. The van der Waals surface area contributed by atoms with Gasteiger partial charge in [0.05, 0.1) is 11.6 Å². The van der Waals surface area contributed by atoms with Crippen molar-refractivity contribution < 1.29 is 17.8 Å². The zero-order chi connectivity index (χ0) is 14.5. The Hall–Kier alpha value is -1.90. The fourth-order valence-electron chi connectivity index (χ4n) is 2.32. The second-order valence-corrected chi connectivity index (χ2v) is 4.96. The van der Waals surface area contributed by atoms with Gasteiger partial charge in [-0.2, -0.15) is 13.2 Å². The van der Waals surface area contributed by atoms with Crippen LogP contribution in [0, 0.1) is 12.8 Å². The molecule has 3 rings (SSSR count). The first-order chi connectivity index (χ1) is 9.36. The average Bonchev–Trinajstić information content (AvgIpc) is 2.72. The van der Waals surface area contributed by atoms with E-state index < -0.39 is 12.1 Å². The number of fused-ring (bicyclic) bond motifs is 1. The number of nitrogens with two attached hydrogens (primary N) is 1. The summed E-state index contributed by atoms with van der Waals surface area (Å²) in [4.78, 5) is 5.86. The summed E-state index contributed by atoms with van der Waals surface area (Å²) in [6.07, 6.45) is -4.13. The summed E-state index contributed by atoms with van der Waals surface area (Å²) in [6.45, 7) is 2.02. The summed E-state index contributed by atoms with van der Waals surface area (Å²) in [6, 6.07) is 0. The van der Waals surface area contributed by atoms with Gasteiger partial charge in [-0.25, -0.2) is 9.61 Å². The number of pyridine rings is 1. The highest BCUT2D eigenvalue weighted by Crippen LogP contribution is 2.35. The minimum Gasteiger partial charge on any atom is -0.396 e. The van der Waals surface area contributed by atoms with Crippen LogP contribution in [0.25, 0.3) is 11.2 Å². The van der Waals surface area contributed by atoms with E-state index in [1.165, 1.54) is 0 Å². The highest BCUT2D eigenvalue weighted by atomic mass is 19.4. The molecule has 0 unspecified atom stereocenters. The molecule has 0 aromatic carbocycles. The van der Waals surface area contributed by atoms with Gasteiger partial charge in [-0.05, 0) is 17.2 Å². The van der Waals surface area contributed by atoms with E-state index >= 15 is 0 Å². The maximum absolute atomic E-state index is 12.4. The third-order valence-electron chi connectivity index (χ3n) is 3.56. The predicted molar refractivity (Wildman–Crippen MR) is 63.6 cm³/mol. The van der Waals surface area contributed by atoms with E-state index in [0.717, 1.165) is 0 Å². The lowest BCUT2D eigenvalue weighted by atomic mass is 9.98. The van der Waals surface area contributed by atoms with Crippen molar-refractivity contribution in [2.24, 2.45) is 5.92 Å². The first kappa shape index (κ1) is 13.1. The summed E-state index contributed by atoms with van der Waals surface area (Å²) in [5, 5.41) is 7.25. The van der Waals surface area contributed by atoms with Crippen molar-refractivity contribution >= 4 is 16.9 Å². The van der Waals surface area contributed by atoms with E-state index in [-0.39, 0.29) is 13.1 Å². The first-order valence-corrected chi connectivity index (χ1v) is 6.02. The molecule has 3 heterocycles. The molecule has 0 spiro atoms. The van der Waals surface area contributed by atoms with Gasteiger partial charge >= 0.3 is 6.18 Å². The molecular weight excluding hydrogens is 275 g/mol. The Morgan fingerprint density at radius 1 is 1.35 bits per heavy atom. The molecule has 0 aliphatic carbocycles. The van der Waals surface area contributed by atoms with Crippen molar-refractivity contribution in [1.29, 1.82) is 0 Å². The highest BCUT2D eigenvalue weighted by molar-refractivity contribution is 5.85. The van der Waals surface area contributed by atoms with Gasteiger partial charge in [0.25, 0.3) is 0 Å². The van der Waals surface area contributed by atoms with Crippen LogP contribution < -0.4 is 5.73 Å². The van der Waals surface area contributed by atoms with Crippen molar-refractivity contribution in [3.05, 3.63) is 11.3 Å². The predicted octanol–water partition coefficient (Wildman–Crippen LogP) is 1.50. The van der Waals surface area contributed by atoms with Crippen LogP contribution in [-0.2, 0) is 6.54 Å². The van der Waals surface area contributed by atoms with Gasteiger partial charge in [-0.1, -0.05) is 0 Å². The number of aromatic nitrogens is 3. The number of nitrogen functional groups attached to an aromatic ring is 1. The number of anilines is 1. The number of nitrogens with zero attached hydrogens (tertiary/aromatic N) is 4. The van der Waals surface area contributed by atoms with Crippen LogP contribution in [0.3, 0.4) is 0 Å². The molecule has 0 amide bonds. The third kappa shape index (κ3) is 2.07. The lowest BCUT2D eigenvalue weighted by Crippen LogP contribution is -2.52. The van der Waals surface area contributed by atoms with Gasteiger partial charge in [0.15, 0.2) is 5.52 Å². The quantitative estimate of drug-likeness (QED) is 0.901. The Bertz CT molecular complexity index is 647. The maximum atomic E-state index is 12.4. The smallest absolute Gasteiger partial charge is 0.394 e. The summed E-state index contributed by atoms with van der Waals surface area (Å²) in [7, 11) is 0. The zero-order valence-corrected chi connectivity index (χ0v) is 10.6. The Labute approximate surface area is 111 Å². The average molecular weight is 287 g/mol. The molecule has 2 aromatic rings. The van der Waals surface area contributed by atoms with Crippen molar-refractivity contribution in [2.45, 2.75) is 19.6 Å². The van der Waals surface area contributed by atoms with Crippen LogP contribution in [-0.4, -0.2) is 39.5 Å². The summed E-state index contributed by atoms with van der Waals surface area (Å²) >= 11 is 0. The fourth-order valence-corrected chi connectivity index (χ4v) is 2.32. The van der Waals surface area contributed by atoms with E-state index in [2.05, 4.69) is 19.9 Å². The second-order valence-electron chi connectivity index (χ2n) is 4.96. The normalized spacial score (nSPS) is 17.6. The van der Waals surface area contributed by atoms with Crippen LogP contribution in [0.1, 0.15) is 11.3 Å². The topological polar surface area (TPSA) is 81.1 Å². The number of alkyl halides is 3. The van der Waals surface area contributed by atoms with Crippen LogP contribution in [0.15, 0.2) is 4.63 Å². The van der Waals surface area contributed by atoms with Gasteiger partial charge in [-0.15, -0.1) is 0 Å². The third-order valence-corrected chi connectivity index (χ3v) is 3.56. The molecule has 1 saturated heterocycles. The van der Waals surface area contributed by atoms with Gasteiger partial charge in [0, 0.05) is 30.9 Å². The van der Waals surface area contributed by atoms with E-state index in [9.17, 15) is 13.2 Å². The van der Waals surface area contributed by atoms with Crippen molar-refractivity contribution in [2.75, 3.05) is 18.8 Å². The number of hydrogen-bond donors (Lipinski definition) is 1. The van der Waals surface area contributed by atoms with E-state index in [1.807, 2.05) is 0 Å². The minimum atomic E-state index is -4.13. The molecule has 0 atom stereocenters. The van der Waals surface area contributed by atoms with Crippen LogP contribution in [0.2, 0.25) is 0 Å². The highest BCUT2D eigenvalue weighted by Gasteiger charge is 2.47. The van der Waals surface area contributed by atoms with Crippen molar-refractivity contribution in [3.8, 4) is 0 Å². The van der Waals surface area contributed by atoms with Gasteiger partial charge in [-0.3, -0.25) is 4.90 Å². The van der Waals surface area contributed by atoms with Crippen LogP contribution in [0.4, 0.5) is 18.9 Å². The standard InChI is InChI=1S/C11H12F3N5O/c1-5-7(4-19-2-6(3-19)11(12,13)14)8(15)9-10(16-5)18-20-17-9/h6H,2-4,15H2,1H3. The number of rotatable bonds is 2. The van der Waals surface area contributed by atoms with E-state index in [0.29, 0.717) is 34.7 Å². The number of halogens is 3. The number of aryl methyl sites for hydroxylation is 1. The summed E-state index contributed by atoms with van der Waals surface area (Å²) < 4.78 is 41.9. The molecule has 6 nitrogen and oxygen atoms in total. The lowest BCUT2D eigenvalue weighted by molar-refractivity contribution is -0.210. The van der Waals surface area contributed by atoms with Crippen molar-refractivity contribution in [1.82, 2.24) is 20.2 Å². The molecule has 0 saturated carbocycles. The molecule has 1 fully saturated rings. The molecule has 1 aliphatic rings. The second kappa shape index (κ2) is 4.30. The van der Waals surface area contributed by atoms with Crippen LogP contribution >= 0.6 is 0 Å². The van der Waals surface area contributed by atoms with Gasteiger partial charge < -0.3 is 5.73 Å². The summed E-state index contributed by atoms with van der Waals surface area (Å²) in [5.74, 6) is -1.26. The Morgan fingerprint density at radius 3 is 2.70 bits per heavy atom. The molecule has 0 radical (unpaired) electrons. The minimum absolute atomic E-state index is 0.0164. The lowest BCUT2D eigenvalue weighted by Gasteiger charge is -2.40. The zero-order valence-electron chi connectivity index (χ0n) is 10.6. The van der Waals surface area contributed by atoms with Crippen molar-refractivity contribution in [3.63, 3.8) is 0 Å². The Kier molecular flexibility index (Phi) is 2.82. The molecule has 9 heteroatoms. The van der Waals surface area contributed by atoms with Crippen LogP contribution in [0.5, 0.6) is 0 Å².